The molecule has 0 saturated heterocycles. The van der Waals surface area contributed by atoms with Gasteiger partial charge in [0.2, 0.25) is 5.82 Å². The molecule has 10 heteroatoms. The third-order valence-electron chi connectivity index (χ3n) is 1.85. The second-order valence-electron chi connectivity index (χ2n) is 3.15. The molecule has 0 saturated carbocycles. The molecule has 19 heavy (non-hydrogen) atoms. The third kappa shape index (κ3) is 3.32. The molecule has 1 rings (SSSR count). The summed E-state index contributed by atoms with van der Waals surface area (Å²) in [4.78, 5) is 10.6. The number of alkyl halides is 3. The maximum Gasteiger partial charge on any atom is 0.575 e. The number of carbonyl (C=O) groups excluding carboxylic acids is 1. The number of halogens is 8. The van der Waals surface area contributed by atoms with Gasteiger partial charge in [0.05, 0.1) is 6.42 Å². The summed E-state index contributed by atoms with van der Waals surface area (Å²) in [7, 11) is 0. The number of hydrogen-bond donors (Lipinski definition) is 0. The van der Waals surface area contributed by atoms with Gasteiger partial charge in [-0.15, -0.1) is 13.2 Å². The lowest BCUT2D eigenvalue weighted by Gasteiger charge is -2.09. The molecule has 0 aliphatic rings. The van der Waals surface area contributed by atoms with E-state index >= 15 is 0 Å². The summed E-state index contributed by atoms with van der Waals surface area (Å²) in [6.45, 7) is 0. The van der Waals surface area contributed by atoms with Crippen LogP contribution < -0.4 is 0 Å². The van der Waals surface area contributed by atoms with Gasteiger partial charge >= 0.3 is 12.3 Å². The van der Waals surface area contributed by atoms with Gasteiger partial charge in [0.1, 0.15) is 0 Å². The molecule has 0 fully saturated rings. The predicted molar refractivity (Wildman–Crippen MR) is 42.1 cm³/mol. The number of esters is 1. The summed E-state index contributed by atoms with van der Waals surface area (Å²) in [6, 6.07) is 0. The highest BCUT2D eigenvalue weighted by Gasteiger charge is 2.35. The van der Waals surface area contributed by atoms with Gasteiger partial charge in [-0.25, -0.2) is 22.0 Å². The van der Waals surface area contributed by atoms with Crippen molar-refractivity contribution in [2.75, 3.05) is 0 Å². The standard InChI is InChI=1S/C9H2F8O2/c10-4-2(1-3(18)19-9(15,16)17)5(11)7(13)8(14)6(4)12/h1H2. The average Bonchev–Trinajstić information content (AvgIpc) is 2.27. The molecule has 0 aliphatic carbocycles. The van der Waals surface area contributed by atoms with Crippen molar-refractivity contribution in [1.82, 2.24) is 0 Å². The summed E-state index contributed by atoms with van der Waals surface area (Å²) in [5.41, 5.74) is -1.70. The Balaban J connectivity index is 3.13. The van der Waals surface area contributed by atoms with Crippen molar-refractivity contribution in [3.8, 4) is 0 Å². The van der Waals surface area contributed by atoms with E-state index in [-0.39, 0.29) is 0 Å². The van der Waals surface area contributed by atoms with Gasteiger partial charge in [-0.05, 0) is 0 Å². The van der Waals surface area contributed by atoms with Crippen molar-refractivity contribution in [3.63, 3.8) is 0 Å². The van der Waals surface area contributed by atoms with Crippen LogP contribution in [0.25, 0.3) is 0 Å². The Morgan fingerprint density at radius 1 is 0.842 bits per heavy atom. The fraction of sp³-hybridized carbons (Fsp3) is 0.222. The zero-order valence-electron chi connectivity index (χ0n) is 8.55. The predicted octanol–water partition coefficient (Wildman–Crippen LogP) is 2.99. The van der Waals surface area contributed by atoms with Crippen molar-refractivity contribution in [1.29, 1.82) is 0 Å². The maximum atomic E-state index is 13.0. The van der Waals surface area contributed by atoms with E-state index in [0.717, 1.165) is 0 Å². The van der Waals surface area contributed by atoms with Gasteiger partial charge in [0.25, 0.3) is 0 Å². The molecule has 0 amide bonds. The molecular formula is C9H2F8O2. The van der Waals surface area contributed by atoms with Gasteiger partial charge in [0, 0.05) is 5.56 Å². The van der Waals surface area contributed by atoms with Gasteiger partial charge < -0.3 is 4.74 Å². The van der Waals surface area contributed by atoms with Crippen LogP contribution in [0, 0.1) is 29.1 Å². The van der Waals surface area contributed by atoms with Crippen LogP contribution in [0.1, 0.15) is 5.56 Å². The third-order valence-corrected chi connectivity index (χ3v) is 1.85. The summed E-state index contributed by atoms with van der Waals surface area (Å²) < 4.78 is 101. The Morgan fingerprint density at radius 3 is 1.58 bits per heavy atom. The molecule has 2 nitrogen and oxygen atoms in total. The monoisotopic (exact) mass is 294 g/mol. The molecule has 106 valence electrons. The minimum atomic E-state index is -5.43. The second kappa shape index (κ2) is 5.02. The number of hydrogen-bond acceptors (Lipinski definition) is 2. The number of ether oxygens (including phenoxy) is 1. The van der Waals surface area contributed by atoms with Crippen molar-refractivity contribution in [3.05, 3.63) is 34.6 Å². The molecular weight excluding hydrogens is 292 g/mol. The van der Waals surface area contributed by atoms with Crippen LogP contribution in [0.5, 0.6) is 0 Å². The molecule has 0 aliphatic heterocycles. The minimum Gasteiger partial charge on any atom is -0.373 e. The quantitative estimate of drug-likeness (QED) is 0.363. The Hall–Kier alpha value is -1.87. The van der Waals surface area contributed by atoms with Crippen LogP contribution >= 0.6 is 0 Å². The lowest BCUT2D eigenvalue weighted by atomic mass is 10.1. The number of carbonyl (C=O) groups is 1. The molecule has 0 N–H and O–H groups in total. The van der Waals surface area contributed by atoms with Gasteiger partial charge in [-0.1, -0.05) is 0 Å². The highest BCUT2D eigenvalue weighted by Crippen LogP contribution is 2.24. The van der Waals surface area contributed by atoms with Crippen molar-refractivity contribution < 1.29 is 44.7 Å². The smallest absolute Gasteiger partial charge is 0.373 e. The van der Waals surface area contributed by atoms with Crippen molar-refractivity contribution in [2.24, 2.45) is 0 Å². The molecule has 1 aromatic carbocycles. The first kappa shape index (κ1) is 15.2. The van der Waals surface area contributed by atoms with Crippen LogP contribution in [-0.4, -0.2) is 12.3 Å². The van der Waals surface area contributed by atoms with Crippen molar-refractivity contribution in [2.45, 2.75) is 12.8 Å². The normalized spacial score (nSPS) is 11.6. The largest absolute Gasteiger partial charge is 0.575 e. The minimum absolute atomic E-state index is 1.70. The maximum absolute atomic E-state index is 13.0. The lowest BCUT2D eigenvalue weighted by molar-refractivity contribution is -0.305. The molecule has 0 radical (unpaired) electrons. The highest BCUT2D eigenvalue weighted by atomic mass is 19.4. The van der Waals surface area contributed by atoms with Crippen LogP contribution in [-0.2, 0) is 16.0 Å². The van der Waals surface area contributed by atoms with E-state index in [1.807, 2.05) is 0 Å². The van der Waals surface area contributed by atoms with E-state index in [1.54, 1.807) is 0 Å². The Bertz CT molecular complexity index is 493. The van der Waals surface area contributed by atoms with Crippen LogP contribution in [0.3, 0.4) is 0 Å². The molecule has 0 unspecified atom stereocenters. The molecule has 0 bridgehead atoms. The second-order valence-corrected chi connectivity index (χ2v) is 3.15. The highest BCUT2D eigenvalue weighted by molar-refractivity contribution is 5.72. The van der Waals surface area contributed by atoms with E-state index in [2.05, 4.69) is 4.74 Å². The topological polar surface area (TPSA) is 26.3 Å². The fourth-order valence-corrected chi connectivity index (χ4v) is 1.12. The SMILES string of the molecule is O=C(Cc1c(F)c(F)c(F)c(F)c1F)OC(F)(F)F. The van der Waals surface area contributed by atoms with Crippen LogP contribution in [0.2, 0.25) is 0 Å². The summed E-state index contributed by atoms with van der Waals surface area (Å²) in [6.07, 6.45) is -7.19. The summed E-state index contributed by atoms with van der Waals surface area (Å²) in [5.74, 6) is -14.2. The van der Waals surface area contributed by atoms with E-state index in [1.165, 1.54) is 0 Å². The van der Waals surface area contributed by atoms with Crippen LogP contribution in [0.15, 0.2) is 0 Å². The molecule has 0 heterocycles. The Labute approximate surface area is 99.1 Å². The van der Waals surface area contributed by atoms with Gasteiger partial charge in [-0.3, -0.25) is 4.79 Å². The van der Waals surface area contributed by atoms with Crippen LogP contribution in [0.4, 0.5) is 35.1 Å². The first-order valence-corrected chi connectivity index (χ1v) is 4.33. The lowest BCUT2D eigenvalue weighted by Crippen LogP contribution is -2.22. The molecule has 0 aromatic heterocycles. The molecule has 0 spiro atoms. The molecule has 1 aromatic rings. The van der Waals surface area contributed by atoms with E-state index < -0.39 is 53.4 Å². The van der Waals surface area contributed by atoms with Gasteiger partial charge in [-0.2, -0.15) is 0 Å². The zero-order chi connectivity index (χ0) is 15.0. The fourth-order valence-electron chi connectivity index (χ4n) is 1.12. The first-order chi connectivity index (χ1) is 8.54. The summed E-state index contributed by atoms with van der Waals surface area (Å²) in [5, 5.41) is 0. The van der Waals surface area contributed by atoms with E-state index in [4.69, 9.17) is 0 Å². The number of rotatable bonds is 2. The van der Waals surface area contributed by atoms with E-state index in [0.29, 0.717) is 0 Å². The van der Waals surface area contributed by atoms with Gasteiger partial charge in [0.15, 0.2) is 23.3 Å². The van der Waals surface area contributed by atoms with E-state index in [9.17, 15) is 39.9 Å². The first-order valence-electron chi connectivity index (χ1n) is 4.33. The zero-order valence-corrected chi connectivity index (χ0v) is 8.55. The molecule has 0 atom stereocenters. The van der Waals surface area contributed by atoms with Crippen molar-refractivity contribution >= 4 is 5.97 Å². The summed E-state index contributed by atoms with van der Waals surface area (Å²) >= 11 is 0. The Morgan fingerprint density at radius 2 is 1.21 bits per heavy atom. The average molecular weight is 294 g/mol. The number of benzene rings is 1. The Kier molecular flexibility index (Phi) is 4.01.